The molecule has 4 rings (SSSR count). The number of nitrogens with one attached hydrogen (secondary N) is 1. The Morgan fingerprint density at radius 3 is 2.96 bits per heavy atom. The molecule has 0 unspecified atom stereocenters. The zero-order chi connectivity index (χ0) is 17.6. The predicted molar refractivity (Wildman–Crippen MR) is 100 cm³/mol. The first kappa shape index (κ1) is 16.1. The van der Waals surface area contributed by atoms with Crippen LogP contribution in [0.25, 0.3) is 16.2 Å². The molecule has 7 heteroatoms. The number of aromatic nitrogens is 3. The lowest BCUT2D eigenvalue weighted by molar-refractivity contribution is -0.119. The van der Waals surface area contributed by atoms with Gasteiger partial charge < -0.3 is 10.2 Å². The number of carbonyl (C=O) groups is 1. The highest BCUT2D eigenvalue weighted by molar-refractivity contribution is 7.13. The van der Waals surface area contributed by atoms with Crippen molar-refractivity contribution in [3.05, 3.63) is 35.0 Å². The van der Waals surface area contributed by atoms with Crippen molar-refractivity contribution in [2.75, 3.05) is 18.0 Å². The fourth-order valence-corrected chi connectivity index (χ4v) is 4.35. The van der Waals surface area contributed by atoms with Gasteiger partial charge in [0.05, 0.1) is 22.0 Å². The Balaban J connectivity index is 1.78. The summed E-state index contributed by atoms with van der Waals surface area (Å²) < 4.78 is 1.97. The lowest BCUT2D eigenvalue weighted by Gasteiger charge is -2.20. The molecule has 0 aliphatic carbocycles. The lowest BCUT2D eigenvalue weighted by atomic mass is 10.2. The van der Waals surface area contributed by atoms with E-state index in [2.05, 4.69) is 27.7 Å². The van der Waals surface area contributed by atoms with Crippen molar-refractivity contribution in [2.45, 2.75) is 33.2 Å². The smallest absolute Gasteiger partial charge is 0.217 e. The van der Waals surface area contributed by atoms with Crippen molar-refractivity contribution in [3.63, 3.8) is 0 Å². The second-order valence-electron chi connectivity index (χ2n) is 6.56. The third-order valence-corrected chi connectivity index (χ3v) is 5.43. The Labute approximate surface area is 150 Å². The number of rotatable bonds is 3. The zero-order valence-electron chi connectivity index (χ0n) is 14.6. The van der Waals surface area contributed by atoms with E-state index in [1.165, 1.54) is 4.88 Å². The quantitative estimate of drug-likeness (QED) is 0.785. The van der Waals surface area contributed by atoms with Crippen molar-refractivity contribution in [3.8, 4) is 10.6 Å². The minimum absolute atomic E-state index is 0.0274. The molecule has 6 nitrogen and oxygen atoms in total. The van der Waals surface area contributed by atoms with Gasteiger partial charge in [-0.1, -0.05) is 6.07 Å². The van der Waals surface area contributed by atoms with Crippen LogP contribution in [0.15, 0.2) is 23.6 Å². The highest BCUT2D eigenvalue weighted by Crippen LogP contribution is 2.32. The van der Waals surface area contributed by atoms with E-state index in [1.54, 1.807) is 18.3 Å². The number of aryl methyl sites for hydroxylation is 2. The first-order valence-electron chi connectivity index (χ1n) is 8.46. The predicted octanol–water partition coefficient (Wildman–Crippen LogP) is 2.79. The molecule has 0 bridgehead atoms. The van der Waals surface area contributed by atoms with Gasteiger partial charge in [-0.25, -0.2) is 9.50 Å². The van der Waals surface area contributed by atoms with Gasteiger partial charge in [0.25, 0.3) is 0 Å². The van der Waals surface area contributed by atoms with E-state index >= 15 is 0 Å². The van der Waals surface area contributed by atoms with Crippen molar-refractivity contribution >= 4 is 28.6 Å². The number of fused-ring (bicyclic) bond motifs is 1. The maximum atomic E-state index is 11.3. The SMILES string of the molecule is CC(=O)N[C@@H]1CCN(c2cc(C)nn3c(-c4cccs4)c(C)nc23)C1. The van der Waals surface area contributed by atoms with E-state index in [4.69, 9.17) is 10.1 Å². The molecule has 130 valence electrons. The van der Waals surface area contributed by atoms with Crippen LogP contribution in [0.3, 0.4) is 0 Å². The van der Waals surface area contributed by atoms with E-state index in [1.807, 2.05) is 24.4 Å². The monoisotopic (exact) mass is 355 g/mol. The van der Waals surface area contributed by atoms with Crippen LogP contribution in [0.5, 0.6) is 0 Å². The van der Waals surface area contributed by atoms with E-state index in [-0.39, 0.29) is 11.9 Å². The Hall–Kier alpha value is -2.41. The fourth-order valence-electron chi connectivity index (χ4n) is 3.54. The highest BCUT2D eigenvalue weighted by atomic mass is 32.1. The van der Waals surface area contributed by atoms with Crippen molar-refractivity contribution in [2.24, 2.45) is 0 Å². The first-order chi connectivity index (χ1) is 12.0. The summed E-state index contributed by atoms with van der Waals surface area (Å²) in [4.78, 5) is 19.6. The second-order valence-corrected chi connectivity index (χ2v) is 7.51. The van der Waals surface area contributed by atoms with Crippen LogP contribution in [0.1, 0.15) is 24.7 Å². The Morgan fingerprint density at radius 1 is 1.40 bits per heavy atom. The van der Waals surface area contributed by atoms with Gasteiger partial charge in [-0.15, -0.1) is 11.3 Å². The van der Waals surface area contributed by atoms with Gasteiger partial charge in [-0.2, -0.15) is 5.10 Å². The molecule has 25 heavy (non-hydrogen) atoms. The summed E-state index contributed by atoms with van der Waals surface area (Å²) in [5.41, 5.74) is 4.98. The molecule has 1 fully saturated rings. The third kappa shape index (κ3) is 2.89. The highest BCUT2D eigenvalue weighted by Gasteiger charge is 2.26. The second kappa shape index (κ2) is 6.15. The average Bonchev–Trinajstić information content (AvgIpc) is 3.25. The van der Waals surface area contributed by atoms with Crippen molar-refractivity contribution in [1.29, 1.82) is 0 Å². The molecule has 0 spiro atoms. The minimum Gasteiger partial charge on any atom is -0.366 e. The topological polar surface area (TPSA) is 62.5 Å². The molecular weight excluding hydrogens is 334 g/mol. The largest absolute Gasteiger partial charge is 0.366 e. The van der Waals surface area contributed by atoms with Gasteiger partial charge >= 0.3 is 0 Å². The van der Waals surface area contributed by atoms with Gasteiger partial charge in [0, 0.05) is 26.1 Å². The number of carbonyl (C=O) groups excluding carboxylic acids is 1. The van der Waals surface area contributed by atoms with Crippen LogP contribution in [0.2, 0.25) is 0 Å². The number of hydrogen-bond acceptors (Lipinski definition) is 5. The molecule has 3 aromatic rings. The summed E-state index contributed by atoms with van der Waals surface area (Å²) in [6.07, 6.45) is 0.949. The average molecular weight is 355 g/mol. The van der Waals surface area contributed by atoms with Gasteiger partial charge in [0.1, 0.15) is 5.69 Å². The molecule has 0 radical (unpaired) electrons. The number of anilines is 1. The number of amides is 1. The Kier molecular flexibility index (Phi) is 3.95. The molecular formula is C18H21N5OS. The van der Waals surface area contributed by atoms with Crippen LogP contribution in [-0.2, 0) is 4.79 Å². The molecule has 0 aromatic carbocycles. The third-order valence-electron chi connectivity index (χ3n) is 4.55. The molecule has 1 amide bonds. The van der Waals surface area contributed by atoms with E-state index < -0.39 is 0 Å². The summed E-state index contributed by atoms with van der Waals surface area (Å²) in [6, 6.07) is 6.44. The molecule has 4 heterocycles. The van der Waals surface area contributed by atoms with E-state index in [0.717, 1.165) is 47.9 Å². The summed E-state index contributed by atoms with van der Waals surface area (Å²) in [5, 5.41) is 9.81. The summed E-state index contributed by atoms with van der Waals surface area (Å²) in [7, 11) is 0. The maximum Gasteiger partial charge on any atom is 0.217 e. The number of hydrogen-bond donors (Lipinski definition) is 1. The Morgan fingerprint density at radius 2 is 2.24 bits per heavy atom. The van der Waals surface area contributed by atoms with Crippen LogP contribution >= 0.6 is 11.3 Å². The minimum atomic E-state index is 0.0274. The lowest BCUT2D eigenvalue weighted by Crippen LogP contribution is -2.35. The van der Waals surface area contributed by atoms with E-state index in [9.17, 15) is 4.79 Å². The molecule has 1 atom stereocenters. The summed E-state index contributed by atoms with van der Waals surface area (Å²) in [5.74, 6) is 0.0274. The number of nitrogens with zero attached hydrogens (tertiary/aromatic N) is 4. The van der Waals surface area contributed by atoms with Gasteiger partial charge in [0.2, 0.25) is 5.91 Å². The van der Waals surface area contributed by atoms with E-state index in [0.29, 0.717) is 0 Å². The van der Waals surface area contributed by atoms with Crippen LogP contribution in [-0.4, -0.2) is 39.6 Å². The van der Waals surface area contributed by atoms with Crippen molar-refractivity contribution in [1.82, 2.24) is 19.9 Å². The van der Waals surface area contributed by atoms with Crippen LogP contribution in [0, 0.1) is 13.8 Å². The molecule has 1 aliphatic rings. The molecule has 3 aromatic heterocycles. The normalized spacial score (nSPS) is 17.4. The number of thiophene rings is 1. The molecule has 1 aliphatic heterocycles. The van der Waals surface area contributed by atoms with Gasteiger partial charge in [-0.05, 0) is 37.8 Å². The van der Waals surface area contributed by atoms with Gasteiger partial charge in [-0.3, -0.25) is 4.79 Å². The molecule has 1 N–H and O–H groups in total. The van der Waals surface area contributed by atoms with Crippen LogP contribution < -0.4 is 10.2 Å². The maximum absolute atomic E-state index is 11.3. The molecule has 0 saturated carbocycles. The van der Waals surface area contributed by atoms with Crippen LogP contribution in [0.4, 0.5) is 5.69 Å². The van der Waals surface area contributed by atoms with Gasteiger partial charge in [0.15, 0.2) is 5.65 Å². The number of imidazole rings is 1. The standard InChI is InChI=1S/C18H21N5OS/c1-11-9-15(22-7-6-14(10-22)20-13(3)24)18-19-12(2)17(23(18)21-11)16-5-4-8-25-16/h4-5,8-9,14H,6-7,10H2,1-3H3,(H,20,24)/t14-/m1/s1. The first-order valence-corrected chi connectivity index (χ1v) is 9.34. The van der Waals surface area contributed by atoms with Crippen molar-refractivity contribution < 1.29 is 4.79 Å². The summed E-state index contributed by atoms with van der Waals surface area (Å²) >= 11 is 1.70. The zero-order valence-corrected chi connectivity index (χ0v) is 15.4. The Bertz CT molecular complexity index is 931. The summed E-state index contributed by atoms with van der Waals surface area (Å²) in [6.45, 7) is 7.33. The fraction of sp³-hybridized carbons (Fsp3) is 0.389. The molecule has 1 saturated heterocycles.